The molecule has 2 unspecified atom stereocenters. The highest BCUT2D eigenvalue weighted by Gasteiger charge is 2.49. The van der Waals surface area contributed by atoms with Gasteiger partial charge in [-0.1, -0.05) is 64.4 Å². The number of benzene rings is 1. The van der Waals surface area contributed by atoms with Crippen molar-refractivity contribution in [3.05, 3.63) is 35.9 Å². The summed E-state index contributed by atoms with van der Waals surface area (Å²) >= 11 is 0. The van der Waals surface area contributed by atoms with Crippen LogP contribution in [0.3, 0.4) is 0 Å². The van der Waals surface area contributed by atoms with Crippen LogP contribution in [0.1, 0.15) is 66.4 Å². The van der Waals surface area contributed by atoms with E-state index in [-0.39, 0.29) is 25.2 Å². The highest BCUT2D eigenvalue weighted by atomic mass is 31.2. The summed E-state index contributed by atoms with van der Waals surface area (Å²) in [4.78, 5) is 89.3. The molecule has 51 heavy (non-hydrogen) atoms. The van der Waals surface area contributed by atoms with Crippen molar-refractivity contribution in [2.24, 2.45) is 23.5 Å². The lowest BCUT2D eigenvalue weighted by molar-refractivity contribution is -0.147. The molecule has 5 amide bonds. The number of nitrogens with two attached hydrogens (primary N) is 1. The number of aliphatic hydroxyl groups is 1. The van der Waals surface area contributed by atoms with Gasteiger partial charge in [0, 0.05) is 18.0 Å². The van der Waals surface area contributed by atoms with Crippen molar-refractivity contribution in [2.45, 2.75) is 109 Å². The van der Waals surface area contributed by atoms with Crippen LogP contribution in [0.15, 0.2) is 30.3 Å². The molecular weight excluding hydrogens is 683 g/mol. The third-order valence-corrected chi connectivity index (χ3v) is 11.8. The first-order valence-corrected chi connectivity index (χ1v) is 19.0. The van der Waals surface area contributed by atoms with E-state index in [1.54, 1.807) is 58.0 Å². The molecule has 17 heteroatoms. The number of esters is 1. The van der Waals surface area contributed by atoms with E-state index in [2.05, 4.69) is 26.6 Å². The molecule has 16 nitrogen and oxygen atoms in total. The molecule has 1 aliphatic carbocycles. The Labute approximate surface area is 299 Å². The molecule has 0 aliphatic heterocycles. The van der Waals surface area contributed by atoms with Crippen LogP contribution in [-0.4, -0.2) is 101 Å². The number of rotatable bonds is 18. The standard InChI is InChI=1S/C34H55N6O10P/c1-18(2)27(33(46)40-28(19(3)4)34(47)50-7)39-31(44)23-14-11-15-25(23)51(48,49)26(16-22-12-9-8-10-13-22)38-30(43)21(6)36-29(42)20(5)37-32(45)24(35)17-41/h8-10,12-13,18-21,23-28,41H,11,14-17,35H2,1-7H3,(H,36,42)(H,37,45)(H,38,43)(H,39,44)(H,40,46)(H,48,49)/t20-,21-,23+,24-,25?,26+,27-,28-/m0/s1. The number of hydrogen-bond acceptors (Lipinski definition) is 10. The molecule has 9 atom stereocenters. The SMILES string of the molecule is COC(=O)[C@@H](NC(=O)[C@@H](NC(=O)[C@@H]1CCCC1P(=O)(O)[C@H](Cc1ccccc1)NC(=O)[C@H](C)NC(=O)[C@H](C)NC(=O)[C@@H](N)CO)C(C)C)C(C)C. The summed E-state index contributed by atoms with van der Waals surface area (Å²) in [5.74, 6) is -7.09. The van der Waals surface area contributed by atoms with Crippen molar-refractivity contribution in [2.75, 3.05) is 13.7 Å². The average molecular weight is 739 g/mol. The van der Waals surface area contributed by atoms with Gasteiger partial charge in [-0.25, -0.2) is 4.79 Å². The van der Waals surface area contributed by atoms with Crippen LogP contribution in [0.25, 0.3) is 0 Å². The van der Waals surface area contributed by atoms with Crippen molar-refractivity contribution >= 4 is 42.9 Å². The molecule has 0 aromatic heterocycles. The first-order chi connectivity index (χ1) is 23.8. The van der Waals surface area contributed by atoms with Gasteiger partial charge < -0.3 is 47.1 Å². The van der Waals surface area contributed by atoms with Gasteiger partial charge in [0.25, 0.3) is 0 Å². The van der Waals surface area contributed by atoms with Crippen LogP contribution in [0.4, 0.5) is 0 Å². The second-order valence-corrected chi connectivity index (χ2v) is 16.4. The Morgan fingerprint density at radius 3 is 1.88 bits per heavy atom. The Bertz CT molecular complexity index is 1430. The van der Waals surface area contributed by atoms with Crippen LogP contribution in [0.5, 0.6) is 0 Å². The predicted octanol–water partition coefficient (Wildman–Crippen LogP) is -0.106. The third-order valence-electron chi connectivity index (χ3n) is 9.02. The average Bonchev–Trinajstić information content (AvgIpc) is 3.59. The maximum atomic E-state index is 14.5. The topological polar surface area (TPSA) is 255 Å². The lowest BCUT2D eigenvalue weighted by atomic mass is 9.99. The van der Waals surface area contributed by atoms with Gasteiger partial charge in [-0.15, -0.1) is 0 Å². The summed E-state index contributed by atoms with van der Waals surface area (Å²) in [6.45, 7) is 9.03. The summed E-state index contributed by atoms with van der Waals surface area (Å²) in [7, 11) is -3.20. The Morgan fingerprint density at radius 1 is 0.804 bits per heavy atom. The maximum Gasteiger partial charge on any atom is 0.328 e. The number of hydrogen-bond donors (Lipinski definition) is 8. The Balaban J connectivity index is 2.29. The highest BCUT2D eigenvalue weighted by molar-refractivity contribution is 7.59. The van der Waals surface area contributed by atoms with Gasteiger partial charge in [0.1, 0.15) is 36.0 Å². The van der Waals surface area contributed by atoms with E-state index in [9.17, 15) is 38.2 Å². The first-order valence-electron chi connectivity index (χ1n) is 17.2. The summed E-state index contributed by atoms with van der Waals surface area (Å²) in [6, 6.07) is 3.16. The summed E-state index contributed by atoms with van der Waals surface area (Å²) < 4.78 is 19.3. The zero-order valence-electron chi connectivity index (χ0n) is 30.4. The van der Waals surface area contributed by atoms with Gasteiger partial charge >= 0.3 is 5.97 Å². The van der Waals surface area contributed by atoms with Gasteiger partial charge in [0.05, 0.1) is 13.7 Å². The molecule has 0 saturated heterocycles. The Kier molecular flexibility index (Phi) is 16.7. The highest BCUT2D eigenvalue weighted by Crippen LogP contribution is 2.58. The number of ether oxygens (including phenoxy) is 1. The normalized spacial score (nSPS) is 20.5. The van der Waals surface area contributed by atoms with E-state index in [4.69, 9.17) is 15.6 Å². The van der Waals surface area contributed by atoms with Crippen LogP contribution < -0.4 is 32.3 Å². The van der Waals surface area contributed by atoms with Crippen LogP contribution >= 0.6 is 7.37 Å². The number of nitrogens with one attached hydrogen (secondary N) is 5. The van der Waals surface area contributed by atoms with Crippen LogP contribution in [0.2, 0.25) is 0 Å². The summed E-state index contributed by atoms with van der Waals surface area (Å²) in [5, 5.41) is 21.9. The molecule has 1 aliphatic rings. The zero-order valence-corrected chi connectivity index (χ0v) is 31.3. The molecule has 1 fully saturated rings. The number of methoxy groups -OCH3 is 1. The smallest absolute Gasteiger partial charge is 0.328 e. The molecule has 0 bridgehead atoms. The summed E-state index contributed by atoms with van der Waals surface area (Å²) in [5.41, 5.74) is 5.06. The fraction of sp³-hybridized carbons (Fsp3) is 0.647. The monoisotopic (exact) mass is 738 g/mol. The van der Waals surface area contributed by atoms with Crippen LogP contribution in [0, 0.1) is 17.8 Å². The quantitative estimate of drug-likeness (QED) is 0.0729. The van der Waals surface area contributed by atoms with Gasteiger partial charge in [-0.2, -0.15) is 0 Å². The Morgan fingerprint density at radius 2 is 1.35 bits per heavy atom. The van der Waals surface area contributed by atoms with E-state index in [0.29, 0.717) is 12.0 Å². The molecule has 0 spiro atoms. The predicted molar refractivity (Wildman–Crippen MR) is 189 cm³/mol. The molecule has 0 heterocycles. The molecular formula is C34H55N6O10P. The molecule has 1 aromatic rings. The number of amides is 5. The molecule has 9 N–H and O–H groups in total. The molecule has 1 saturated carbocycles. The molecule has 2 rings (SSSR count). The van der Waals surface area contributed by atoms with E-state index >= 15 is 0 Å². The largest absolute Gasteiger partial charge is 0.467 e. The van der Waals surface area contributed by atoms with Crippen molar-refractivity contribution < 1.29 is 48.1 Å². The molecule has 1 aromatic carbocycles. The maximum absolute atomic E-state index is 14.5. The molecule has 0 radical (unpaired) electrons. The lowest BCUT2D eigenvalue weighted by Crippen LogP contribution is -2.56. The second kappa shape index (κ2) is 19.7. The van der Waals surface area contributed by atoms with Gasteiger partial charge in [-0.3, -0.25) is 28.5 Å². The Hall–Kier alpha value is -3.85. The fourth-order valence-corrected chi connectivity index (χ4v) is 8.46. The van der Waals surface area contributed by atoms with Crippen molar-refractivity contribution in [1.82, 2.24) is 26.6 Å². The minimum atomic E-state index is -4.41. The third kappa shape index (κ3) is 12.1. The number of carbonyl (C=O) groups excluding carboxylic acids is 6. The van der Waals surface area contributed by atoms with Crippen molar-refractivity contribution in [3.63, 3.8) is 0 Å². The van der Waals surface area contributed by atoms with Crippen molar-refractivity contribution in [1.29, 1.82) is 0 Å². The summed E-state index contributed by atoms with van der Waals surface area (Å²) in [6.07, 6.45) is 0.874. The van der Waals surface area contributed by atoms with E-state index in [1.807, 2.05) is 0 Å². The first kappa shape index (κ1) is 43.3. The molecule has 286 valence electrons. The van der Waals surface area contributed by atoms with Crippen molar-refractivity contribution in [3.8, 4) is 0 Å². The van der Waals surface area contributed by atoms with E-state index in [1.165, 1.54) is 21.0 Å². The van der Waals surface area contributed by atoms with Crippen LogP contribution in [-0.2, 0) is 44.5 Å². The minimum absolute atomic E-state index is 0.0570. The number of carbonyl (C=O) groups is 6. The van der Waals surface area contributed by atoms with Gasteiger partial charge in [-0.05, 0) is 44.1 Å². The van der Waals surface area contributed by atoms with Gasteiger partial charge in [0.2, 0.25) is 36.9 Å². The minimum Gasteiger partial charge on any atom is -0.467 e. The lowest BCUT2D eigenvalue weighted by Gasteiger charge is -2.33. The fourth-order valence-electron chi connectivity index (χ4n) is 5.86. The zero-order chi connectivity index (χ0) is 38.6. The van der Waals surface area contributed by atoms with E-state index < -0.39 is 103 Å². The second-order valence-electron chi connectivity index (χ2n) is 13.7. The van der Waals surface area contributed by atoms with Gasteiger partial charge in [0.15, 0.2) is 0 Å². The van der Waals surface area contributed by atoms with E-state index in [0.717, 1.165) is 0 Å². The number of aliphatic hydroxyl groups excluding tert-OH is 1.